The van der Waals surface area contributed by atoms with Gasteiger partial charge < -0.3 is 5.11 Å². The van der Waals surface area contributed by atoms with Gasteiger partial charge in [0.15, 0.2) is 0 Å². The van der Waals surface area contributed by atoms with Crippen LogP contribution in [-0.2, 0) is 9.63 Å². The zero-order valence-electron chi connectivity index (χ0n) is 10.2. The summed E-state index contributed by atoms with van der Waals surface area (Å²) >= 11 is 0. The van der Waals surface area contributed by atoms with Crippen molar-refractivity contribution in [1.82, 2.24) is 5.06 Å². The molecule has 0 aliphatic carbocycles. The van der Waals surface area contributed by atoms with Crippen molar-refractivity contribution < 1.29 is 14.7 Å². The highest BCUT2D eigenvalue weighted by Gasteiger charge is 2.24. The Balaban J connectivity index is 4.31. The monoisotopic (exact) mass is 215 g/mol. The van der Waals surface area contributed by atoms with E-state index in [-0.39, 0.29) is 5.91 Å². The molecule has 4 heteroatoms. The van der Waals surface area contributed by atoms with Crippen molar-refractivity contribution >= 4 is 5.91 Å². The summed E-state index contributed by atoms with van der Waals surface area (Å²) in [5.74, 6) is -0.668. The summed E-state index contributed by atoms with van der Waals surface area (Å²) in [5.41, 5.74) is 1.07. The van der Waals surface area contributed by atoms with Gasteiger partial charge in [0.2, 0.25) is 0 Å². The van der Waals surface area contributed by atoms with Crippen LogP contribution >= 0.6 is 0 Å². The molecule has 0 aliphatic rings. The number of allylic oxidation sites excluding steroid dienone is 1. The average molecular weight is 215 g/mol. The SMILES string of the molecule is C/C=C(\C)C[C@@H](O)[C@H](C)C(=O)N(C)OC. The first-order valence-corrected chi connectivity index (χ1v) is 5.05. The van der Waals surface area contributed by atoms with E-state index in [1.54, 1.807) is 6.92 Å². The van der Waals surface area contributed by atoms with E-state index in [4.69, 9.17) is 4.84 Å². The van der Waals surface area contributed by atoms with Gasteiger partial charge in [0, 0.05) is 7.05 Å². The van der Waals surface area contributed by atoms with Crippen molar-refractivity contribution in [3.05, 3.63) is 11.6 Å². The number of hydrogen-bond acceptors (Lipinski definition) is 3. The van der Waals surface area contributed by atoms with Gasteiger partial charge in [-0.25, -0.2) is 5.06 Å². The highest BCUT2D eigenvalue weighted by molar-refractivity contribution is 5.77. The number of carbonyl (C=O) groups excluding carboxylic acids is 1. The Bertz CT molecular complexity index is 238. The highest BCUT2D eigenvalue weighted by atomic mass is 16.7. The highest BCUT2D eigenvalue weighted by Crippen LogP contribution is 2.14. The van der Waals surface area contributed by atoms with Gasteiger partial charge in [0.1, 0.15) is 0 Å². The Morgan fingerprint density at radius 1 is 1.60 bits per heavy atom. The molecule has 4 nitrogen and oxygen atoms in total. The Labute approximate surface area is 91.5 Å². The van der Waals surface area contributed by atoms with Gasteiger partial charge in [0.05, 0.1) is 19.1 Å². The van der Waals surface area contributed by atoms with Gasteiger partial charge in [-0.15, -0.1) is 0 Å². The molecule has 88 valence electrons. The summed E-state index contributed by atoms with van der Waals surface area (Å²) in [4.78, 5) is 16.4. The molecule has 0 saturated carbocycles. The second-order valence-electron chi connectivity index (χ2n) is 3.71. The molecule has 0 fully saturated rings. The number of amides is 1. The molecule has 2 atom stereocenters. The molecule has 0 spiro atoms. The lowest BCUT2D eigenvalue weighted by Crippen LogP contribution is -2.36. The van der Waals surface area contributed by atoms with Crippen LogP contribution in [0.3, 0.4) is 0 Å². The van der Waals surface area contributed by atoms with Crippen molar-refractivity contribution in [3.8, 4) is 0 Å². The molecule has 0 heterocycles. The smallest absolute Gasteiger partial charge is 0.251 e. The van der Waals surface area contributed by atoms with E-state index < -0.39 is 12.0 Å². The van der Waals surface area contributed by atoms with Gasteiger partial charge in [-0.05, 0) is 20.3 Å². The largest absolute Gasteiger partial charge is 0.392 e. The van der Waals surface area contributed by atoms with Crippen LogP contribution in [0.4, 0.5) is 0 Å². The second-order valence-corrected chi connectivity index (χ2v) is 3.71. The van der Waals surface area contributed by atoms with Crippen LogP contribution in [0.5, 0.6) is 0 Å². The van der Waals surface area contributed by atoms with Crippen LogP contribution < -0.4 is 0 Å². The minimum Gasteiger partial charge on any atom is -0.392 e. The normalized spacial score (nSPS) is 16.0. The van der Waals surface area contributed by atoms with Crippen LogP contribution in [0.2, 0.25) is 0 Å². The summed E-state index contributed by atoms with van der Waals surface area (Å²) in [6.07, 6.45) is 1.79. The Morgan fingerprint density at radius 2 is 2.13 bits per heavy atom. The van der Waals surface area contributed by atoms with E-state index >= 15 is 0 Å². The molecule has 1 N–H and O–H groups in total. The molecule has 0 rings (SSSR count). The number of hydrogen-bond donors (Lipinski definition) is 1. The maximum Gasteiger partial charge on any atom is 0.251 e. The second kappa shape index (κ2) is 6.58. The predicted octanol–water partition coefficient (Wildman–Crippen LogP) is 1.36. The van der Waals surface area contributed by atoms with E-state index in [9.17, 15) is 9.90 Å². The average Bonchev–Trinajstić information content (AvgIpc) is 2.25. The number of rotatable bonds is 5. The third-order valence-electron chi connectivity index (χ3n) is 2.57. The summed E-state index contributed by atoms with van der Waals surface area (Å²) < 4.78 is 0. The molecule has 0 aromatic carbocycles. The maximum atomic E-state index is 11.6. The fraction of sp³-hybridized carbons (Fsp3) is 0.727. The van der Waals surface area contributed by atoms with E-state index in [2.05, 4.69) is 0 Å². The Kier molecular flexibility index (Phi) is 6.20. The standard InChI is InChI=1S/C11H21NO3/c1-6-8(2)7-10(13)9(3)11(14)12(4)15-5/h6,9-10,13H,7H2,1-5H3/b8-6+/t9-,10+/m0/s1. The molecule has 0 radical (unpaired) electrons. The zero-order chi connectivity index (χ0) is 12.0. The molecule has 0 bridgehead atoms. The first-order valence-electron chi connectivity index (χ1n) is 5.05. The van der Waals surface area contributed by atoms with Crippen LogP contribution in [-0.4, -0.2) is 36.3 Å². The zero-order valence-corrected chi connectivity index (χ0v) is 10.2. The van der Waals surface area contributed by atoms with E-state index in [1.165, 1.54) is 14.2 Å². The Hall–Kier alpha value is -0.870. The first-order chi connectivity index (χ1) is 6.93. The van der Waals surface area contributed by atoms with Crippen LogP contribution in [0.15, 0.2) is 11.6 Å². The number of nitrogens with zero attached hydrogens (tertiary/aromatic N) is 1. The first kappa shape index (κ1) is 14.1. The summed E-state index contributed by atoms with van der Waals surface area (Å²) in [5, 5.41) is 10.9. The number of hydroxylamine groups is 2. The van der Waals surface area contributed by atoms with Crippen LogP contribution in [0.25, 0.3) is 0 Å². The van der Waals surface area contributed by atoms with Crippen molar-refractivity contribution in [1.29, 1.82) is 0 Å². The third-order valence-corrected chi connectivity index (χ3v) is 2.57. The topological polar surface area (TPSA) is 49.8 Å². The van der Waals surface area contributed by atoms with Gasteiger partial charge in [0.25, 0.3) is 5.91 Å². The molecule has 0 saturated heterocycles. The molecular formula is C11H21NO3. The van der Waals surface area contributed by atoms with Gasteiger partial charge >= 0.3 is 0 Å². The van der Waals surface area contributed by atoms with Gasteiger partial charge in [-0.2, -0.15) is 0 Å². The molecule has 0 aliphatic heterocycles. The van der Waals surface area contributed by atoms with Gasteiger partial charge in [-0.1, -0.05) is 18.6 Å². The van der Waals surface area contributed by atoms with Crippen LogP contribution in [0.1, 0.15) is 27.2 Å². The molecule has 15 heavy (non-hydrogen) atoms. The quantitative estimate of drug-likeness (QED) is 0.556. The summed E-state index contributed by atoms with van der Waals surface area (Å²) in [6, 6.07) is 0. The Morgan fingerprint density at radius 3 is 2.53 bits per heavy atom. The van der Waals surface area contributed by atoms with Gasteiger partial charge in [-0.3, -0.25) is 9.63 Å². The summed E-state index contributed by atoms with van der Waals surface area (Å²) in [6.45, 7) is 5.54. The third kappa shape index (κ3) is 4.44. The molecule has 1 amide bonds. The van der Waals surface area contributed by atoms with Crippen molar-refractivity contribution in [2.24, 2.45) is 5.92 Å². The minimum absolute atomic E-state index is 0.214. The van der Waals surface area contributed by atoms with Crippen LogP contribution in [0, 0.1) is 5.92 Å². The summed E-state index contributed by atoms with van der Waals surface area (Å²) in [7, 11) is 2.96. The number of carbonyl (C=O) groups is 1. The van der Waals surface area contributed by atoms with Crippen molar-refractivity contribution in [3.63, 3.8) is 0 Å². The van der Waals surface area contributed by atoms with E-state index in [0.717, 1.165) is 10.6 Å². The molecule has 0 unspecified atom stereocenters. The number of aliphatic hydroxyl groups is 1. The lowest BCUT2D eigenvalue weighted by atomic mass is 9.97. The predicted molar refractivity (Wildman–Crippen MR) is 59.0 cm³/mol. The van der Waals surface area contributed by atoms with E-state index in [0.29, 0.717) is 6.42 Å². The molecular weight excluding hydrogens is 194 g/mol. The van der Waals surface area contributed by atoms with E-state index in [1.807, 2.05) is 19.9 Å². The maximum absolute atomic E-state index is 11.6. The van der Waals surface area contributed by atoms with Crippen molar-refractivity contribution in [2.45, 2.75) is 33.3 Å². The fourth-order valence-electron chi connectivity index (χ4n) is 1.17. The molecule has 0 aromatic rings. The fourth-order valence-corrected chi connectivity index (χ4v) is 1.17. The lowest BCUT2D eigenvalue weighted by molar-refractivity contribution is -0.176. The molecule has 0 aromatic heterocycles. The minimum atomic E-state index is -0.661. The van der Waals surface area contributed by atoms with Crippen molar-refractivity contribution in [2.75, 3.05) is 14.2 Å². The lowest BCUT2D eigenvalue weighted by Gasteiger charge is -2.22. The number of aliphatic hydroxyl groups excluding tert-OH is 1.